The van der Waals surface area contributed by atoms with Gasteiger partial charge in [0.05, 0.1) is 0 Å². The average molecular weight is 269 g/mol. The van der Waals surface area contributed by atoms with Gasteiger partial charge in [0.15, 0.2) is 0 Å². The molecule has 0 bridgehead atoms. The summed E-state index contributed by atoms with van der Waals surface area (Å²) in [5.41, 5.74) is 0. The minimum absolute atomic E-state index is 1.37. The van der Waals surface area contributed by atoms with Crippen LogP contribution >= 0.6 is 0 Å². The molecule has 0 radical (unpaired) electrons. The molecule has 0 unspecified atom stereocenters. The van der Waals surface area contributed by atoms with Gasteiger partial charge in [-0.05, 0) is 0 Å². The van der Waals surface area contributed by atoms with Crippen molar-refractivity contribution in [1.29, 1.82) is 0 Å². The van der Waals surface area contributed by atoms with E-state index in [4.69, 9.17) is 0 Å². The van der Waals surface area contributed by atoms with Crippen molar-refractivity contribution in [1.82, 2.24) is 0 Å². The second-order valence-electron chi connectivity index (χ2n) is 1.76. The Morgan fingerprint density at radius 1 is 1.14 bits per heavy atom. The van der Waals surface area contributed by atoms with Crippen molar-refractivity contribution in [2.45, 2.75) is 37.4 Å². The van der Waals surface area contributed by atoms with Crippen LogP contribution in [0.1, 0.15) is 32.6 Å². The van der Waals surface area contributed by atoms with Gasteiger partial charge in [0.1, 0.15) is 0 Å². The Hall–Kier alpha value is 0.688. The molecular formula is C6H13W. The van der Waals surface area contributed by atoms with Crippen LogP contribution in [-0.2, 0) is 19.8 Å². The van der Waals surface area contributed by atoms with E-state index < -0.39 is 0 Å². The quantitative estimate of drug-likeness (QED) is 0.688. The third kappa shape index (κ3) is 6.69. The van der Waals surface area contributed by atoms with Crippen molar-refractivity contribution < 1.29 is 19.8 Å². The summed E-state index contributed by atoms with van der Waals surface area (Å²) in [5, 5.41) is 0. The van der Waals surface area contributed by atoms with Gasteiger partial charge in [-0.25, -0.2) is 0 Å². The van der Waals surface area contributed by atoms with Gasteiger partial charge < -0.3 is 0 Å². The standard InChI is InChI=1S/C6H13.W/c1-3-5-6-4-2;/h1,3-6H2,2H3;. The summed E-state index contributed by atoms with van der Waals surface area (Å²) in [6.07, 6.45) is 5.73. The predicted octanol–water partition coefficient (Wildman–Crippen LogP) is 2.53. The van der Waals surface area contributed by atoms with Crippen LogP contribution in [0.15, 0.2) is 0 Å². The number of rotatable bonds is 4. The maximum atomic E-state index is 2.25. The summed E-state index contributed by atoms with van der Waals surface area (Å²) in [4.78, 5) is 1.44. The van der Waals surface area contributed by atoms with Crippen molar-refractivity contribution in [3.63, 3.8) is 0 Å². The maximum absolute atomic E-state index is 2.25. The van der Waals surface area contributed by atoms with Crippen molar-refractivity contribution in [2.24, 2.45) is 0 Å². The van der Waals surface area contributed by atoms with Crippen LogP contribution in [0.25, 0.3) is 0 Å². The molecule has 0 aromatic rings. The molecule has 0 aliphatic carbocycles. The fraction of sp³-hybridized carbons (Fsp3) is 1.00. The first-order valence-corrected chi connectivity index (χ1v) is 5.07. The van der Waals surface area contributed by atoms with E-state index in [1.54, 1.807) is 19.8 Å². The first kappa shape index (κ1) is 7.69. The van der Waals surface area contributed by atoms with Crippen molar-refractivity contribution >= 4 is 0 Å². The zero-order valence-corrected chi connectivity index (χ0v) is 7.88. The molecule has 0 saturated carbocycles. The van der Waals surface area contributed by atoms with E-state index in [2.05, 4.69) is 6.92 Å². The Kier molecular flexibility index (Phi) is 7.35. The third-order valence-electron chi connectivity index (χ3n) is 0.998. The van der Waals surface area contributed by atoms with Gasteiger partial charge in [-0.1, -0.05) is 0 Å². The minimum atomic E-state index is 1.37. The molecule has 0 aromatic carbocycles. The van der Waals surface area contributed by atoms with Gasteiger partial charge in [0, 0.05) is 0 Å². The summed E-state index contributed by atoms with van der Waals surface area (Å²) in [7, 11) is 0. The summed E-state index contributed by atoms with van der Waals surface area (Å²) < 4.78 is 0. The van der Waals surface area contributed by atoms with E-state index >= 15 is 0 Å². The van der Waals surface area contributed by atoms with Crippen molar-refractivity contribution in [2.75, 3.05) is 0 Å². The molecule has 43 valence electrons. The van der Waals surface area contributed by atoms with E-state index in [-0.39, 0.29) is 0 Å². The van der Waals surface area contributed by atoms with E-state index in [0.29, 0.717) is 0 Å². The average Bonchev–Trinajstić information content (AvgIpc) is 1.69. The molecule has 0 heterocycles. The van der Waals surface area contributed by atoms with Gasteiger partial charge in [-0.15, -0.1) is 0 Å². The first-order chi connectivity index (χ1) is 3.41. The topological polar surface area (TPSA) is 0 Å². The van der Waals surface area contributed by atoms with E-state index in [9.17, 15) is 0 Å². The predicted molar refractivity (Wildman–Crippen MR) is 28.9 cm³/mol. The van der Waals surface area contributed by atoms with E-state index in [0.717, 1.165) is 0 Å². The van der Waals surface area contributed by atoms with Crippen molar-refractivity contribution in [3.05, 3.63) is 0 Å². The van der Waals surface area contributed by atoms with E-state index in [1.807, 2.05) is 0 Å². The van der Waals surface area contributed by atoms with Gasteiger partial charge in [-0.3, -0.25) is 0 Å². The van der Waals surface area contributed by atoms with Crippen LogP contribution in [0.3, 0.4) is 0 Å². The Balaban J connectivity index is 2.45. The zero-order valence-electron chi connectivity index (χ0n) is 4.94. The van der Waals surface area contributed by atoms with Gasteiger partial charge in [-0.2, -0.15) is 0 Å². The Labute approximate surface area is 57.6 Å². The number of hydrogen-bond acceptors (Lipinski definition) is 0. The van der Waals surface area contributed by atoms with Gasteiger partial charge in [0.2, 0.25) is 0 Å². The van der Waals surface area contributed by atoms with E-state index in [1.165, 1.54) is 30.5 Å². The fourth-order valence-corrected chi connectivity index (χ4v) is 1.26. The van der Waals surface area contributed by atoms with Crippen LogP contribution in [-0.4, -0.2) is 0 Å². The fourth-order valence-electron chi connectivity index (χ4n) is 0.529. The molecule has 7 heavy (non-hydrogen) atoms. The monoisotopic (exact) mass is 269 g/mol. The Morgan fingerprint density at radius 3 is 2.29 bits per heavy atom. The third-order valence-corrected chi connectivity index (χ3v) is 2.04. The molecule has 1 heteroatoms. The molecule has 0 N–H and O–H groups in total. The molecule has 0 aromatic heterocycles. The second-order valence-corrected chi connectivity index (χ2v) is 3.23. The molecular weight excluding hydrogens is 256 g/mol. The normalized spacial score (nSPS) is 9.29. The summed E-state index contributed by atoms with van der Waals surface area (Å²) in [5.74, 6) is 0. The first-order valence-electron chi connectivity index (χ1n) is 3.00. The molecule has 0 rings (SSSR count). The van der Waals surface area contributed by atoms with Crippen LogP contribution in [0.4, 0.5) is 0 Å². The molecule has 0 aliphatic rings. The van der Waals surface area contributed by atoms with Crippen LogP contribution in [0, 0.1) is 0 Å². The molecule has 0 amide bonds. The number of hydrogen-bond donors (Lipinski definition) is 0. The molecule has 0 aliphatic heterocycles. The molecule has 0 atom stereocenters. The van der Waals surface area contributed by atoms with Crippen LogP contribution in [0.2, 0.25) is 4.81 Å². The Morgan fingerprint density at radius 2 is 1.86 bits per heavy atom. The second kappa shape index (κ2) is 6.69. The summed E-state index contributed by atoms with van der Waals surface area (Å²) in [6.45, 7) is 2.25. The van der Waals surface area contributed by atoms with Crippen LogP contribution in [0.5, 0.6) is 0 Å². The summed E-state index contributed by atoms with van der Waals surface area (Å²) in [6, 6.07) is 0. The Bertz CT molecular complexity index is 23.4. The van der Waals surface area contributed by atoms with Gasteiger partial charge >= 0.3 is 57.2 Å². The molecule has 0 spiro atoms. The molecule has 0 saturated heterocycles. The summed E-state index contributed by atoms with van der Waals surface area (Å²) >= 11 is 1.74. The SMILES string of the molecule is CCCCC[CH2][W]. The van der Waals surface area contributed by atoms with Crippen LogP contribution < -0.4 is 0 Å². The molecule has 0 fully saturated rings. The zero-order chi connectivity index (χ0) is 5.54. The van der Waals surface area contributed by atoms with Crippen molar-refractivity contribution in [3.8, 4) is 0 Å². The van der Waals surface area contributed by atoms with Gasteiger partial charge in [0.25, 0.3) is 0 Å². The number of unbranched alkanes of at least 4 members (excludes halogenated alkanes) is 3. The molecule has 0 nitrogen and oxygen atoms in total.